The number of carbonyl (C=O) groups excluding carboxylic acids is 1. The molecule has 30 heavy (non-hydrogen) atoms. The fourth-order valence-electron chi connectivity index (χ4n) is 4.02. The van der Waals surface area contributed by atoms with Crippen LogP contribution in [0.2, 0.25) is 0 Å². The molecule has 1 saturated heterocycles. The first-order valence-electron chi connectivity index (χ1n) is 10.4. The largest absolute Gasteiger partial charge is 0.347 e. The topological polar surface area (TPSA) is 76.2 Å². The lowest BCUT2D eigenvalue weighted by Crippen LogP contribution is -2.44. The highest BCUT2D eigenvalue weighted by atomic mass is 16.2. The second kappa shape index (κ2) is 9.02. The molecule has 0 aliphatic carbocycles. The van der Waals surface area contributed by atoms with Gasteiger partial charge in [0.05, 0.1) is 12.7 Å². The highest BCUT2D eigenvalue weighted by Crippen LogP contribution is 2.21. The number of piperidine rings is 1. The van der Waals surface area contributed by atoms with Crippen LogP contribution in [0.4, 0.5) is 5.95 Å². The summed E-state index contributed by atoms with van der Waals surface area (Å²) in [4.78, 5) is 19.8. The Balaban J connectivity index is 1.56. The smallest absolute Gasteiger partial charge is 0.269 e. The summed E-state index contributed by atoms with van der Waals surface area (Å²) in [5.74, 6) is 6.60. The zero-order chi connectivity index (χ0) is 20.9. The molecule has 0 radical (unpaired) electrons. The summed E-state index contributed by atoms with van der Waals surface area (Å²) < 4.78 is 1.90. The van der Waals surface area contributed by atoms with E-state index in [4.69, 9.17) is 5.73 Å². The highest BCUT2D eigenvalue weighted by Gasteiger charge is 2.24. The van der Waals surface area contributed by atoms with Crippen LogP contribution in [0.3, 0.4) is 0 Å². The van der Waals surface area contributed by atoms with Crippen molar-refractivity contribution in [3.63, 3.8) is 0 Å². The monoisotopic (exact) mass is 401 g/mol. The minimum atomic E-state index is -0.152. The Labute approximate surface area is 177 Å². The lowest BCUT2D eigenvalue weighted by atomic mass is 10.0. The van der Waals surface area contributed by atoms with Crippen LogP contribution in [0.15, 0.2) is 48.7 Å². The number of benzene rings is 2. The van der Waals surface area contributed by atoms with E-state index in [9.17, 15) is 4.79 Å². The van der Waals surface area contributed by atoms with Gasteiger partial charge in [-0.05, 0) is 36.1 Å². The van der Waals surface area contributed by atoms with Gasteiger partial charge in [0.2, 0.25) is 5.95 Å². The molecule has 1 aromatic heterocycles. The second-order valence-electron chi connectivity index (χ2n) is 7.63. The maximum atomic E-state index is 13.0. The van der Waals surface area contributed by atoms with Crippen molar-refractivity contribution in [2.45, 2.75) is 38.9 Å². The van der Waals surface area contributed by atoms with E-state index in [1.165, 1.54) is 0 Å². The molecule has 0 saturated carbocycles. The number of rotatable bonds is 5. The fraction of sp³-hybridized carbons (Fsp3) is 0.333. The molecule has 4 rings (SSSR count). The minimum Gasteiger partial charge on any atom is -0.347 e. The van der Waals surface area contributed by atoms with Crippen molar-refractivity contribution in [3.8, 4) is 11.8 Å². The van der Waals surface area contributed by atoms with Gasteiger partial charge in [-0.15, -0.1) is 5.92 Å². The zero-order valence-corrected chi connectivity index (χ0v) is 17.3. The van der Waals surface area contributed by atoms with Crippen LogP contribution in [-0.2, 0) is 13.1 Å². The van der Waals surface area contributed by atoms with Crippen molar-refractivity contribution in [1.82, 2.24) is 14.9 Å². The first-order chi connectivity index (χ1) is 14.7. The number of carbonyl (C=O) groups is 1. The van der Waals surface area contributed by atoms with Crippen molar-refractivity contribution >= 4 is 22.6 Å². The minimum absolute atomic E-state index is 0.129. The lowest BCUT2D eigenvalue weighted by molar-refractivity contribution is 0.0942. The molecule has 3 N–H and O–H groups in total. The normalized spacial score (nSPS) is 16.2. The molecule has 3 aromatic rings. The van der Waals surface area contributed by atoms with Gasteiger partial charge in [-0.25, -0.2) is 4.98 Å². The first-order valence-corrected chi connectivity index (χ1v) is 10.4. The molecule has 1 fully saturated rings. The van der Waals surface area contributed by atoms with Gasteiger partial charge in [-0.2, -0.15) is 0 Å². The molecule has 154 valence electrons. The Kier molecular flexibility index (Phi) is 6.01. The fourth-order valence-corrected chi connectivity index (χ4v) is 4.02. The van der Waals surface area contributed by atoms with Crippen LogP contribution < -0.4 is 16.0 Å². The summed E-state index contributed by atoms with van der Waals surface area (Å²) >= 11 is 0. The summed E-state index contributed by atoms with van der Waals surface area (Å²) in [6.07, 6.45) is 3.69. The SMILES string of the molecule is CC#CCn1c(C(=O)NCc2cccc3ccccc23)cnc1N1CCCC(N)C1. The molecule has 2 aromatic carbocycles. The summed E-state index contributed by atoms with van der Waals surface area (Å²) in [6, 6.07) is 14.5. The maximum absolute atomic E-state index is 13.0. The van der Waals surface area contributed by atoms with Crippen LogP contribution in [0.25, 0.3) is 10.8 Å². The number of fused-ring (bicyclic) bond motifs is 1. The number of nitrogens with one attached hydrogen (secondary N) is 1. The van der Waals surface area contributed by atoms with E-state index in [2.05, 4.69) is 45.2 Å². The molecular weight excluding hydrogens is 374 g/mol. The maximum Gasteiger partial charge on any atom is 0.269 e. The summed E-state index contributed by atoms with van der Waals surface area (Å²) in [5.41, 5.74) is 7.76. The number of anilines is 1. The first kappa shape index (κ1) is 20.0. The van der Waals surface area contributed by atoms with Crippen molar-refractivity contribution in [2.75, 3.05) is 18.0 Å². The number of hydrogen-bond donors (Lipinski definition) is 2. The summed E-state index contributed by atoms with van der Waals surface area (Å²) in [6.45, 7) is 4.31. The Bertz CT molecular complexity index is 1100. The Morgan fingerprint density at radius 2 is 2.10 bits per heavy atom. The molecule has 0 spiro atoms. The third-order valence-corrected chi connectivity index (χ3v) is 5.54. The second-order valence-corrected chi connectivity index (χ2v) is 7.63. The summed E-state index contributed by atoms with van der Waals surface area (Å²) in [7, 11) is 0. The molecule has 1 amide bonds. The standard InChI is InChI=1S/C24H27N5O/c1-2-3-14-29-22(16-27-24(29)28-13-7-11-20(25)17-28)23(30)26-15-19-10-6-9-18-8-4-5-12-21(18)19/h4-6,8-10,12,16,20H,7,11,13-15,17,25H2,1H3,(H,26,30). The van der Waals surface area contributed by atoms with Crippen LogP contribution >= 0.6 is 0 Å². The molecule has 1 atom stereocenters. The van der Waals surface area contributed by atoms with Crippen LogP contribution in [0.1, 0.15) is 35.8 Å². The van der Waals surface area contributed by atoms with Crippen molar-refractivity contribution in [1.29, 1.82) is 0 Å². The number of nitrogens with zero attached hydrogens (tertiary/aromatic N) is 3. The van der Waals surface area contributed by atoms with Crippen LogP contribution in [-0.4, -0.2) is 34.6 Å². The predicted octanol–water partition coefficient (Wildman–Crippen LogP) is 2.92. The Morgan fingerprint density at radius 1 is 1.27 bits per heavy atom. The molecule has 1 unspecified atom stereocenters. The summed E-state index contributed by atoms with van der Waals surface area (Å²) in [5, 5.41) is 5.37. The van der Waals surface area contributed by atoms with Gasteiger partial charge >= 0.3 is 0 Å². The number of hydrogen-bond acceptors (Lipinski definition) is 4. The van der Waals surface area contributed by atoms with E-state index in [1.54, 1.807) is 13.1 Å². The van der Waals surface area contributed by atoms with E-state index < -0.39 is 0 Å². The van der Waals surface area contributed by atoms with E-state index in [-0.39, 0.29) is 11.9 Å². The molecule has 2 heterocycles. The number of imidazole rings is 1. The van der Waals surface area contributed by atoms with E-state index in [1.807, 2.05) is 28.8 Å². The zero-order valence-electron chi connectivity index (χ0n) is 17.3. The highest BCUT2D eigenvalue weighted by molar-refractivity contribution is 5.93. The third-order valence-electron chi connectivity index (χ3n) is 5.54. The van der Waals surface area contributed by atoms with E-state index in [0.29, 0.717) is 18.8 Å². The van der Waals surface area contributed by atoms with Crippen LogP contribution in [0, 0.1) is 11.8 Å². The van der Waals surface area contributed by atoms with E-state index in [0.717, 1.165) is 48.2 Å². The van der Waals surface area contributed by atoms with Gasteiger partial charge in [0, 0.05) is 25.7 Å². The number of amides is 1. The van der Waals surface area contributed by atoms with Gasteiger partial charge in [0.1, 0.15) is 5.69 Å². The Morgan fingerprint density at radius 3 is 2.93 bits per heavy atom. The lowest BCUT2D eigenvalue weighted by Gasteiger charge is -2.31. The van der Waals surface area contributed by atoms with Gasteiger partial charge in [0.15, 0.2) is 0 Å². The van der Waals surface area contributed by atoms with Crippen molar-refractivity contribution in [2.24, 2.45) is 5.73 Å². The molecule has 6 heteroatoms. The van der Waals surface area contributed by atoms with Crippen molar-refractivity contribution in [3.05, 3.63) is 59.9 Å². The average molecular weight is 402 g/mol. The van der Waals surface area contributed by atoms with E-state index >= 15 is 0 Å². The van der Waals surface area contributed by atoms with Gasteiger partial charge in [0.25, 0.3) is 5.91 Å². The quantitative estimate of drug-likeness (QED) is 0.645. The Hall–Kier alpha value is -3.30. The number of nitrogens with two attached hydrogens (primary N) is 1. The van der Waals surface area contributed by atoms with Gasteiger partial charge < -0.3 is 16.0 Å². The van der Waals surface area contributed by atoms with Crippen molar-refractivity contribution < 1.29 is 4.79 Å². The average Bonchev–Trinajstić information content (AvgIpc) is 3.20. The van der Waals surface area contributed by atoms with Crippen LogP contribution in [0.5, 0.6) is 0 Å². The molecule has 1 aliphatic rings. The van der Waals surface area contributed by atoms with Gasteiger partial charge in [-0.3, -0.25) is 9.36 Å². The number of aromatic nitrogens is 2. The molecule has 0 bridgehead atoms. The molecule has 1 aliphatic heterocycles. The molecule has 6 nitrogen and oxygen atoms in total. The molecular formula is C24H27N5O. The van der Waals surface area contributed by atoms with Gasteiger partial charge in [-0.1, -0.05) is 48.4 Å². The third kappa shape index (κ3) is 4.17. The predicted molar refractivity (Wildman–Crippen MR) is 120 cm³/mol.